The first-order valence-corrected chi connectivity index (χ1v) is 11.6. The maximum absolute atomic E-state index is 12.9. The molecule has 1 saturated heterocycles. The molecule has 9 heteroatoms. The third-order valence-electron chi connectivity index (χ3n) is 5.57. The summed E-state index contributed by atoms with van der Waals surface area (Å²) in [5, 5.41) is 0. The molecule has 0 saturated carbocycles. The van der Waals surface area contributed by atoms with Crippen molar-refractivity contribution in [1.82, 2.24) is 9.62 Å². The molecule has 1 fully saturated rings. The highest BCUT2D eigenvalue weighted by Crippen LogP contribution is 2.30. The molecule has 1 N–H and O–H groups in total. The molecule has 2 aromatic rings. The van der Waals surface area contributed by atoms with E-state index in [0.29, 0.717) is 17.2 Å². The van der Waals surface area contributed by atoms with Gasteiger partial charge in [0.05, 0.1) is 10.5 Å². The van der Waals surface area contributed by atoms with Crippen LogP contribution in [-0.2, 0) is 22.7 Å². The molecule has 0 radical (unpaired) electrons. The van der Waals surface area contributed by atoms with Crippen molar-refractivity contribution in [3.8, 4) is 0 Å². The SMILES string of the molecule is C[C@H]1CCC[C@H](C)N1C(=O)c1ccc(CNS(=O)(=O)c2cccc(C(F)(F)F)c2)cc1. The van der Waals surface area contributed by atoms with Crippen molar-refractivity contribution >= 4 is 15.9 Å². The quantitative estimate of drug-likeness (QED) is 0.719. The highest BCUT2D eigenvalue weighted by atomic mass is 32.2. The summed E-state index contributed by atoms with van der Waals surface area (Å²) in [6.07, 6.45) is -1.61. The fraction of sp³-hybridized carbons (Fsp3) is 0.409. The lowest BCUT2D eigenvalue weighted by molar-refractivity contribution is -0.137. The number of piperidine rings is 1. The maximum Gasteiger partial charge on any atom is 0.416 e. The van der Waals surface area contributed by atoms with E-state index in [1.807, 2.05) is 18.7 Å². The lowest BCUT2D eigenvalue weighted by Crippen LogP contribution is -2.47. The number of nitrogens with one attached hydrogen (secondary N) is 1. The van der Waals surface area contributed by atoms with Gasteiger partial charge in [-0.2, -0.15) is 13.2 Å². The normalized spacial score (nSPS) is 20.0. The zero-order chi connectivity index (χ0) is 22.8. The minimum absolute atomic E-state index is 0.0594. The zero-order valence-electron chi connectivity index (χ0n) is 17.3. The summed E-state index contributed by atoms with van der Waals surface area (Å²) in [7, 11) is -4.12. The Morgan fingerprint density at radius 2 is 1.68 bits per heavy atom. The number of hydrogen-bond donors (Lipinski definition) is 1. The Hall–Kier alpha value is -2.39. The van der Waals surface area contributed by atoms with Crippen LogP contribution in [0.2, 0.25) is 0 Å². The number of alkyl halides is 3. The van der Waals surface area contributed by atoms with Gasteiger partial charge in [-0.15, -0.1) is 0 Å². The predicted octanol–water partition coefficient (Wildman–Crippen LogP) is 4.59. The molecule has 1 aliphatic rings. The monoisotopic (exact) mass is 454 g/mol. The maximum atomic E-state index is 12.9. The van der Waals surface area contributed by atoms with Crippen molar-refractivity contribution in [2.24, 2.45) is 0 Å². The van der Waals surface area contributed by atoms with E-state index in [-0.39, 0.29) is 24.5 Å². The van der Waals surface area contributed by atoms with E-state index in [0.717, 1.165) is 37.5 Å². The summed E-state index contributed by atoms with van der Waals surface area (Å²) < 4.78 is 65.6. The van der Waals surface area contributed by atoms with Crippen LogP contribution in [0.25, 0.3) is 0 Å². The van der Waals surface area contributed by atoms with E-state index in [4.69, 9.17) is 0 Å². The van der Waals surface area contributed by atoms with Crippen LogP contribution in [0.15, 0.2) is 53.4 Å². The molecule has 168 valence electrons. The van der Waals surface area contributed by atoms with Gasteiger partial charge in [-0.1, -0.05) is 18.2 Å². The fourth-order valence-electron chi connectivity index (χ4n) is 3.84. The Bertz CT molecular complexity index is 1030. The Morgan fingerprint density at radius 3 is 2.26 bits per heavy atom. The van der Waals surface area contributed by atoms with Crippen LogP contribution in [0.1, 0.15) is 54.6 Å². The Kier molecular flexibility index (Phi) is 6.76. The molecular formula is C22H25F3N2O3S. The van der Waals surface area contributed by atoms with Crippen molar-refractivity contribution in [1.29, 1.82) is 0 Å². The van der Waals surface area contributed by atoms with E-state index in [9.17, 15) is 26.4 Å². The number of benzene rings is 2. The topological polar surface area (TPSA) is 66.5 Å². The van der Waals surface area contributed by atoms with Crippen LogP contribution < -0.4 is 4.72 Å². The van der Waals surface area contributed by atoms with Crippen molar-refractivity contribution < 1.29 is 26.4 Å². The lowest BCUT2D eigenvalue weighted by Gasteiger charge is -2.39. The second-order valence-corrected chi connectivity index (χ2v) is 9.66. The Morgan fingerprint density at radius 1 is 1.06 bits per heavy atom. The fourth-order valence-corrected chi connectivity index (χ4v) is 4.90. The van der Waals surface area contributed by atoms with Crippen LogP contribution in [0.5, 0.6) is 0 Å². The summed E-state index contributed by atoms with van der Waals surface area (Å²) in [6.45, 7) is 3.96. The molecule has 5 nitrogen and oxygen atoms in total. The third-order valence-corrected chi connectivity index (χ3v) is 6.97. The van der Waals surface area contributed by atoms with Crippen LogP contribution in [0.3, 0.4) is 0 Å². The van der Waals surface area contributed by atoms with Crippen molar-refractivity contribution in [3.63, 3.8) is 0 Å². The van der Waals surface area contributed by atoms with Gasteiger partial charge in [-0.05, 0) is 69.0 Å². The smallest absolute Gasteiger partial charge is 0.333 e. The first-order valence-electron chi connectivity index (χ1n) is 10.1. The van der Waals surface area contributed by atoms with E-state index in [1.54, 1.807) is 24.3 Å². The molecule has 0 bridgehead atoms. The van der Waals surface area contributed by atoms with Crippen LogP contribution in [-0.4, -0.2) is 31.3 Å². The number of nitrogens with zero attached hydrogens (tertiary/aromatic N) is 1. The number of hydrogen-bond acceptors (Lipinski definition) is 3. The lowest BCUT2D eigenvalue weighted by atomic mass is 9.96. The van der Waals surface area contributed by atoms with E-state index in [1.165, 1.54) is 0 Å². The zero-order valence-corrected chi connectivity index (χ0v) is 18.1. The summed E-state index contributed by atoms with van der Waals surface area (Å²) in [4.78, 5) is 14.3. The summed E-state index contributed by atoms with van der Waals surface area (Å²) in [5.74, 6) is -0.0594. The minimum atomic E-state index is -4.63. The first kappa shape index (κ1) is 23.3. The highest BCUT2D eigenvalue weighted by molar-refractivity contribution is 7.89. The van der Waals surface area contributed by atoms with E-state index < -0.39 is 26.7 Å². The third kappa shape index (κ3) is 5.46. The number of sulfonamides is 1. The Balaban J connectivity index is 1.68. The predicted molar refractivity (Wildman–Crippen MR) is 111 cm³/mol. The molecule has 0 aliphatic carbocycles. The number of amides is 1. The summed E-state index contributed by atoms with van der Waals surface area (Å²) in [5.41, 5.74) is 0.0799. The van der Waals surface area contributed by atoms with Gasteiger partial charge < -0.3 is 4.90 Å². The molecule has 0 aromatic heterocycles. The second-order valence-electron chi connectivity index (χ2n) is 7.89. The average molecular weight is 455 g/mol. The van der Waals surface area contributed by atoms with Crippen LogP contribution in [0, 0.1) is 0 Å². The summed E-state index contributed by atoms with van der Waals surface area (Å²) >= 11 is 0. The molecule has 1 heterocycles. The van der Waals surface area contributed by atoms with Gasteiger partial charge in [0.2, 0.25) is 10.0 Å². The van der Waals surface area contributed by atoms with Gasteiger partial charge >= 0.3 is 6.18 Å². The molecule has 3 rings (SSSR count). The molecule has 0 unspecified atom stereocenters. The van der Waals surface area contributed by atoms with Gasteiger partial charge in [0.25, 0.3) is 5.91 Å². The van der Waals surface area contributed by atoms with Crippen LogP contribution >= 0.6 is 0 Å². The summed E-state index contributed by atoms with van der Waals surface area (Å²) in [6, 6.07) is 10.5. The number of carbonyl (C=O) groups is 1. The van der Waals surface area contributed by atoms with Crippen molar-refractivity contribution in [2.45, 2.75) is 62.8 Å². The largest absolute Gasteiger partial charge is 0.416 e. The van der Waals surface area contributed by atoms with Gasteiger partial charge in [0, 0.05) is 24.2 Å². The number of rotatable bonds is 5. The van der Waals surface area contributed by atoms with Gasteiger partial charge in [-0.25, -0.2) is 13.1 Å². The van der Waals surface area contributed by atoms with Gasteiger partial charge in [0.1, 0.15) is 0 Å². The Labute approximate surface area is 180 Å². The first-order chi connectivity index (χ1) is 14.5. The van der Waals surface area contributed by atoms with E-state index >= 15 is 0 Å². The highest BCUT2D eigenvalue weighted by Gasteiger charge is 2.32. The minimum Gasteiger partial charge on any atom is -0.333 e. The van der Waals surface area contributed by atoms with Gasteiger partial charge in [0.15, 0.2) is 0 Å². The van der Waals surface area contributed by atoms with Crippen LogP contribution in [0.4, 0.5) is 13.2 Å². The second kappa shape index (κ2) is 9.00. The number of carbonyl (C=O) groups excluding carboxylic acids is 1. The molecular weight excluding hydrogens is 429 g/mol. The molecule has 1 aliphatic heterocycles. The standard InChI is InChI=1S/C22H25F3N2O3S/c1-15-5-3-6-16(2)27(15)21(28)18-11-9-17(10-12-18)14-26-31(29,30)20-8-4-7-19(13-20)22(23,24)25/h4,7-13,15-16,26H,3,5-6,14H2,1-2H3/t15-,16-/m0/s1. The molecule has 2 atom stereocenters. The van der Waals surface area contributed by atoms with E-state index in [2.05, 4.69) is 4.72 Å². The molecule has 2 aromatic carbocycles. The van der Waals surface area contributed by atoms with Crippen molar-refractivity contribution in [3.05, 3.63) is 65.2 Å². The molecule has 1 amide bonds. The van der Waals surface area contributed by atoms with Gasteiger partial charge in [-0.3, -0.25) is 4.79 Å². The average Bonchev–Trinajstić information content (AvgIpc) is 2.72. The van der Waals surface area contributed by atoms with Crippen molar-refractivity contribution in [2.75, 3.05) is 0 Å². The molecule has 0 spiro atoms. The number of likely N-dealkylation sites (tertiary alicyclic amines) is 1. The molecule has 31 heavy (non-hydrogen) atoms. The number of halogens is 3.